The van der Waals surface area contributed by atoms with Crippen molar-refractivity contribution in [3.05, 3.63) is 0 Å². The second-order valence-corrected chi connectivity index (χ2v) is 8.50. The molecule has 2 aliphatic carbocycles. The van der Waals surface area contributed by atoms with Gasteiger partial charge in [-0.1, -0.05) is 19.3 Å². The third kappa shape index (κ3) is 7.43. The molecule has 1 saturated heterocycles. The number of nitrogens with zero attached hydrogens (tertiary/aromatic N) is 2. The normalized spacial score (nSPS) is 24.0. The summed E-state index contributed by atoms with van der Waals surface area (Å²) >= 11 is 0. The summed E-state index contributed by atoms with van der Waals surface area (Å²) < 4.78 is 5.69. The van der Waals surface area contributed by atoms with Crippen LogP contribution in [0.2, 0.25) is 0 Å². The number of aliphatic imine (C=N–C) groups is 1. The van der Waals surface area contributed by atoms with Crippen LogP contribution in [0.4, 0.5) is 0 Å². The zero-order chi connectivity index (χ0) is 18.0. The fourth-order valence-corrected chi connectivity index (χ4v) is 4.26. The van der Waals surface area contributed by atoms with Crippen LogP contribution >= 0.6 is 0 Å². The summed E-state index contributed by atoms with van der Waals surface area (Å²) in [6.45, 7) is 9.27. The lowest BCUT2D eigenvalue weighted by atomic mass is 9.88. The Balaban J connectivity index is 1.32. The van der Waals surface area contributed by atoms with Gasteiger partial charge in [-0.2, -0.15) is 0 Å². The molecule has 5 nitrogen and oxygen atoms in total. The van der Waals surface area contributed by atoms with Crippen molar-refractivity contribution in [2.75, 3.05) is 45.9 Å². The van der Waals surface area contributed by atoms with Crippen molar-refractivity contribution in [3.63, 3.8) is 0 Å². The smallest absolute Gasteiger partial charge is 0.191 e. The Hall–Kier alpha value is -0.810. The average molecular weight is 365 g/mol. The van der Waals surface area contributed by atoms with E-state index in [1.807, 2.05) is 0 Å². The van der Waals surface area contributed by atoms with E-state index in [1.54, 1.807) is 0 Å². The van der Waals surface area contributed by atoms with E-state index in [0.29, 0.717) is 6.04 Å². The van der Waals surface area contributed by atoms with Crippen LogP contribution in [0, 0.1) is 11.8 Å². The monoisotopic (exact) mass is 364 g/mol. The molecule has 2 saturated carbocycles. The first-order valence-electron chi connectivity index (χ1n) is 11.2. The van der Waals surface area contributed by atoms with Gasteiger partial charge in [0, 0.05) is 38.8 Å². The molecule has 1 heterocycles. The van der Waals surface area contributed by atoms with Crippen LogP contribution in [-0.4, -0.2) is 62.8 Å². The molecule has 26 heavy (non-hydrogen) atoms. The minimum Gasteiger partial charge on any atom is -0.379 e. The molecular weight excluding hydrogens is 324 g/mol. The molecule has 0 aromatic rings. The molecule has 0 radical (unpaired) electrons. The standard InChI is InChI=1S/C21H40N4O/c1-2-22-21(23-12-15-26-17-19-8-9-19)24-20-10-13-25(14-11-20)16-18-6-4-3-5-7-18/h18-20H,2-17H2,1H3,(H2,22,23,24). The Labute approximate surface area is 160 Å². The Morgan fingerprint density at radius 3 is 2.46 bits per heavy atom. The van der Waals surface area contributed by atoms with Crippen molar-refractivity contribution in [1.29, 1.82) is 0 Å². The van der Waals surface area contributed by atoms with Crippen molar-refractivity contribution in [2.24, 2.45) is 16.8 Å². The summed E-state index contributed by atoms with van der Waals surface area (Å²) in [5, 5.41) is 7.04. The number of hydrogen-bond acceptors (Lipinski definition) is 3. The lowest BCUT2D eigenvalue weighted by molar-refractivity contribution is 0.131. The molecule has 0 aromatic heterocycles. The Morgan fingerprint density at radius 1 is 1.00 bits per heavy atom. The molecule has 1 aliphatic heterocycles. The van der Waals surface area contributed by atoms with Gasteiger partial charge < -0.3 is 20.3 Å². The van der Waals surface area contributed by atoms with Gasteiger partial charge >= 0.3 is 0 Å². The van der Waals surface area contributed by atoms with E-state index in [4.69, 9.17) is 9.73 Å². The van der Waals surface area contributed by atoms with Crippen molar-refractivity contribution in [1.82, 2.24) is 15.5 Å². The number of rotatable bonds is 9. The van der Waals surface area contributed by atoms with E-state index in [-0.39, 0.29) is 0 Å². The fourth-order valence-electron chi connectivity index (χ4n) is 4.26. The third-order valence-electron chi connectivity index (χ3n) is 6.07. The maximum atomic E-state index is 5.69. The summed E-state index contributed by atoms with van der Waals surface area (Å²) in [5.41, 5.74) is 0. The highest BCUT2D eigenvalue weighted by molar-refractivity contribution is 5.80. The first-order valence-corrected chi connectivity index (χ1v) is 11.2. The Kier molecular flexibility index (Phi) is 8.53. The van der Waals surface area contributed by atoms with E-state index < -0.39 is 0 Å². The van der Waals surface area contributed by atoms with Gasteiger partial charge in [-0.25, -0.2) is 0 Å². The first kappa shape index (κ1) is 19.9. The molecular formula is C21H40N4O. The van der Waals surface area contributed by atoms with Crippen LogP contribution in [0.1, 0.15) is 64.7 Å². The Bertz CT molecular complexity index is 410. The second kappa shape index (κ2) is 11.1. The predicted molar refractivity (Wildman–Crippen MR) is 109 cm³/mol. The summed E-state index contributed by atoms with van der Waals surface area (Å²) in [6.07, 6.45) is 12.5. The van der Waals surface area contributed by atoms with Gasteiger partial charge in [-0.05, 0) is 57.3 Å². The summed E-state index contributed by atoms with van der Waals surface area (Å²) in [6, 6.07) is 0.558. The number of nitrogens with one attached hydrogen (secondary N) is 2. The van der Waals surface area contributed by atoms with E-state index in [0.717, 1.165) is 44.1 Å². The van der Waals surface area contributed by atoms with E-state index in [1.165, 1.54) is 77.4 Å². The zero-order valence-electron chi connectivity index (χ0n) is 16.8. The van der Waals surface area contributed by atoms with E-state index >= 15 is 0 Å². The SMILES string of the molecule is CCNC(=NCCOCC1CC1)NC1CCN(CC2CCCCC2)CC1. The molecule has 0 aromatic carbocycles. The van der Waals surface area contributed by atoms with Crippen LogP contribution in [-0.2, 0) is 4.74 Å². The summed E-state index contributed by atoms with van der Waals surface area (Å²) in [7, 11) is 0. The van der Waals surface area contributed by atoms with Crippen molar-refractivity contribution < 1.29 is 4.74 Å². The molecule has 5 heteroatoms. The maximum absolute atomic E-state index is 5.69. The van der Waals surface area contributed by atoms with Crippen LogP contribution < -0.4 is 10.6 Å². The molecule has 3 fully saturated rings. The number of piperidine rings is 1. The van der Waals surface area contributed by atoms with Crippen LogP contribution in [0.5, 0.6) is 0 Å². The van der Waals surface area contributed by atoms with Crippen LogP contribution in [0.15, 0.2) is 4.99 Å². The molecule has 2 N–H and O–H groups in total. The van der Waals surface area contributed by atoms with Gasteiger partial charge in [0.1, 0.15) is 0 Å². The van der Waals surface area contributed by atoms with Crippen molar-refractivity contribution >= 4 is 5.96 Å². The molecule has 0 bridgehead atoms. The molecule has 3 rings (SSSR count). The number of likely N-dealkylation sites (tertiary alicyclic amines) is 1. The topological polar surface area (TPSA) is 48.9 Å². The van der Waals surface area contributed by atoms with E-state index in [9.17, 15) is 0 Å². The third-order valence-corrected chi connectivity index (χ3v) is 6.07. The molecule has 0 amide bonds. The van der Waals surface area contributed by atoms with Crippen LogP contribution in [0.3, 0.4) is 0 Å². The largest absolute Gasteiger partial charge is 0.379 e. The minimum atomic E-state index is 0.558. The molecule has 150 valence electrons. The highest BCUT2D eigenvalue weighted by atomic mass is 16.5. The number of hydrogen-bond donors (Lipinski definition) is 2. The highest BCUT2D eigenvalue weighted by Gasteiger charge is 2.23. The van der Waals surface area contributed by atoms with Crippen LogP contribution in [0.25, 0.3) is 0 Å². The lowest BCUT2D eigenvalue weighted by Gasteiger charge is -2.36. The summed E-state index contributed by atoms with van der Waals surface area (Å²) in [5.74, 6) is 2.76. The molecule has 0 spiro atoms. The van der Waals surface area contributed by atoms with Crippen molar-refractivity contribution in [3.8, 4) is 0 Å². The average Bonchev–Trinajstić information content (AvgIpc) is 3.48. The highest BCUT2D eigenvalue weighted by Crippen LogP contribution is 2.28. The summed E-state index contributed by atoms with van der Waals surface area (Å²) in [4.78, 5) is 7.39. The van der Waals surface area contributed by atoms with Gasteiger partial charge in [0.05, 0.1) is 13.2 Å². The van der Waals surface area contributed by atoms with Gasteiger partial charge in [-0.15, -0.1) is 0 Å². The number of ether oxygens (including phenoxy) is 1. The number of guanidine groups is 1. The van der Waals surface area contributed by atoms with Gasteiger partial charge in [0.25, 0.3) is 0 Å². The van der Waals surface area contributed by atoms with Crippen molar-refractivity contribution in [2.45, 2.75) is 70.8 Å². The van der Waals surface area contributed by atoms with Gasteiger partial charge in [0.2, 0.25) is 0 Å². The predicted octanol–water partition coefficient (Wildman–Crippen LogP) is 3.01. The maximum Gasteiger partial charge on any atom is 0.191 e. The lowest BCUT2D eigenvalue weighted by Crippen LogP contribution is -2.49. The molecule has 0 atom stereocenters. The van der Waals surface area contributed by atoms with E-state index in [2.05, 4.69) is 22.5 Å². The Morgan fingerprint density at radius 2 is 1.77 bits per heavy atom. The quantitative estimate of drug-likeness (QED) is 0.375. The first-order chi connectivity index (χ1) is 12.8. The van der Waals surface area contributed by atoms with Gasteiger partial charge in [-0.3, -0.25) is 4.99 Å². The van der Waals surface area contributed by atoms with Gasteiger partial charge in [0.15, 0.2) is 5.96 Å². The fraction of sp³-hybridized carbons (Fsp3) is 0.952. The molecule has 0 unspecified atom stereocenters. The second-order valence-electron chi connectivity index (χ2n) is 8.50. The minimum absolute atomic E-state index is 0.558. The molecule has 3 aliphatic rings. The zero-order valence-corrected chi connectivity index (χ0v) is 16.8.